The van der Waals surface area contributed by atoms with Gasteiger partial charge in [0.15, 0.2) is 0 Å². The Bertz CT molecular complexity index is 462. The van der Waals surface area contributed by atoms with Crippen LogP contribution in [-0.4, -0.2) is 0 Å². The van der Waals surface area contributed by atoms with Crippen LogP contribution in [0.5, 0.6) is 0 Å². The molecule has 0 rings (SSSR count). The second-order valence-corrected chi connectivity index (χ2v) is 8.24. The Morgan fingerprint density at radius 1 is 1.04 bits per heavy atom. The summed E-state index contributed by atoms with van der Waals surface area (Å²) in [6.07, 6.45) is 13.6. The molecule has 0 aliphatic rings. The minimum atomic E-state index is 0.315. The van der Waals surface area contributed by atoms with E-state index in [1.807, 2.05) is 13.0 Å². The molecule has 0 bridgehead atoms. The first-order valence-electron chi connectivity index (χ1n) is 9.33. The molecule has 1 unspecified atom stereocenters. The molecule has 0 saturated carbocycles. The molecule has 0 saturated heterocycles. The monoisotopic (exact) mass is 316 g/mol. The minimum Gasteiger partial charge on any atom is -0.126 e. The van der Waals surface area contributed by atoms with E-state index >= 15 is 0 Å². The van der Waals surface area contributed by atoms with Gasteiger partial charge in [-0.05, 0) is 67.6 Å². The van der Waals surface area contributed by atoms with Gasteiger partial charge in [0.25, 0.3) is 0 Å². The van der Waals surface area contributed by atoms with Crippen molar-refractivity contribution >= 4 is 0 Å². The summed E-state index contributed by atoms with van der Waals surface area (Å²) >= 11 is 0. The van der Waals surface area contributed by atoms with E-state index in [9.17, 15) is 0 Å². The first kappa shape index (κ1) is 22.0. The van der Waals surface area contributed by atoms with Crippen LogP contribution < -0.4 is 0 Å². The third-order valence-electron chi connectivity index (χ3n) is 5.36. The lowest BCUT2D eigenvalue weighted by molar-refractivity contribution is 0.161. The van der Waals surface area contributed by atoms with Crippen LogP contribution in [0.25, 0.3) is 0 Å². The molecule has 1 atom stereocenters. The van der Waals surface area contributed by atoms with E-state index < -0.39 is 0 Å². The van der Waals surface area contributed by atoms with Gasteiger partial charge in [-0.1, -0.05) is 72.6 Å². The van der Waals surface area contributed by atoms with Crippen LogP contribution in [0.1, 0.15) is 88.0 Å². The van der Waals surface area contributed by atoms with E-state index in [0.717, 1.165) is 6.42 Å². The van der Waals surface area contributed by atoms with Crippen molar-refractivity contribution in [3.63, 3.8) is 0 Å². The Balaban J connectivity index is 5.75. The van der Waals surface area contributed by atoms with E-state index in [4.69, 9.17) is 0 Å². The Hall–Kier alpha value is -1.00. The van der Waals surface area contributed by atoms with Crippen molar-refractivity contribution in [1.29, 1.82) is 0 Å². The minimum absolute atomic E-state index is 0.315. The Labute approximate surface area is 146 Å². The Kier molecular flexibility index (Phi) is 9.55. The molecule has 0 radical (unpaired) electrons. The van der Waals surface area contributed by atoms with Gasteiger partial charge in [0.1, 0.15) is 0 Å². The standard InChI is InChI=1S/C23H40/c1-10-14-19(5)16-17-20(15-11-2)21(23(8,9)13-4)18-22(6,7)12-3/h10-11,15,17,21H,12-13,16,18H2,1-9H3. The van der Waals surface area contributed by atoms with Gasteiger partial charge in [0.2, 0.25) is 0 Å². The predicted molar refractivity (Wildman–Crippen MR) is 107 cm³/mol. The van der Waals surface area contributed by atoms with Gasteiger partial charge in [-0.25, -0.2) is 0 Å². The fourth-order valence-electron chi connectivity index (χ4n) is 2.88. The van der Waals surface area contributed by atoms with Crippen molar-refractivity contribution in [2.45, 2.75) is 88.0 Å². The summed E-state index contributed by atoms with van der Waals surface area (Å²) < 4.78 is 0. The summed E-state index contributed by atoms with van der Waals surface area (Å²) in [5, 5.41) is 0. The van der Waals surface area contributed by atoms with Crippen molar-refractivity contribution in [3.05, 3.63) is 41.2 Å². The summed E-state index contributed by atoms with van der Waals surface area (Å²) in [7, 11) is 0. The van der Waals surface area contributed by atoms with Gasteiger partial charge >= 0.3 is 0 Å². The smallest absolute Gasteiger partial charge is 0.00595 e. The molecule has 0 aromatic carbocycles. The highest BCUT2D eigenvalue weighted by Gasteiger charge is 2.33. The molecule has 0 aliphatic heterocycles. The first-order valence-corrected chi connectivity index (χ1v) is 9.33. The molecule has 0 fully saturated rings. The summed E-state index contributed by atoms with van der Waals surface area (Å²) in [5.74, 6) is 0.594. The number of hydrogen-bond donors (Lipinski definition) is 0. The average Bonchev–Trinajstić information content (AvgIpc) is 2.49. The molecule has 0 heterocycles. The topological polar surface area (TPSA) is 0 Å². The lowest BCUT2D eigenvalue weighted by atomic mass is 9.65. The van der Waals surface area contributed by atoms with Gasteiger partial charge in [0.05, 0.1) is 0 Å². The van der Waals surface area contributed by atoms with Gasteiger partial charge in [-0.3, -0.25) is 0 Å². The third kappa shape index (κ3) is 7.89. The SMILES string of the molecule is CC=C=C(C)CC=C(C=CC)C(CC(C)(C)CC)C(C)(C)CC. The lowest BCUT2D eigenvalue weighted by Crippen LogP contribution is -2.29. The number of hydrogen-bond acceptors (Lipinski definition) is 0. The van der Waals surface area contributed by atoms with Crippen molar-refractivity contribution in [3.8, 4) is 0 Å². The largest absolute Gasteiger partial charge is 0.126 e. The molecule has 0 aromatic heterocycles. The second-order valence-electron chi connectivity index (χ2n) is 8.24. The van der Waals surface area contributed by atoms with Crippen LogP contribution in [0.15, 0.2) is 41.2 Å². The zero-order valence-electron chi connectivity index (χ0n) is 17.2. The fourth-order valence-corrected chi connectivity index (χ4v) is 2.88. The molecule has 0 spiro atoms. The summed E-state index contributed by atoms with van der Waals surface area (Å²) in [4.78, 5) is 0. The van der Waals surface area contributed by atoms with Crippen LogP contribution in [0.3, 0.4) is 0 Å². The molecule has 23 heavy (non-hydrogen) atoms. The fraction of sp³-hybridized carbons (Fsp3) is 0.696. The molecule has 0 aliphatic carbocycles. The van der Waals surface area contributed by atoms with E-state index in [1.54, 1.807) is 0 Å². The Morgan fingerprint density at radius 2 is 1.65 bits per heavy atom. The maximum atomic E-state index is 3.32. The van der Waals surface area contributed by atoms with Gasteiger partial charge in [-0.2, -0.15) is 0 Å². The van der Waals surface area contributed by atoms with Crippen LogP contribution >= 0.6 is 0 Å². The normalized spacial score (nSPS) is 14.7. The maximum absolute atomic E-state index is 3.32. The first-order chi connectivity index (χ1) is 10.6. The number of allylic oxidation sites excluding steroid dienone is 5. The van der Waals surface area contributed by atoms with E-state index in [2.05, 4.69) is 79.3 Å². The Morgan fingerprint density at radius 3 is 2.09 bits per heavy atom. The highest BCUT2D eigenvalue weighted by atomic mass is 14.4. The van der Waals surface area contributed by atoms with Gasteiger partial charge in [0, 0.05) is 0 Å². The highest BCUT2D eigenvalue weighted by molar-refractivity contribution is 5.26. The van der Waals surface area contributed by atoms with Crippen LogP contribution in [0.2, 0.25) is 0 Å². The van der Waals surface area contributed by atoms with Crippen LogP contribution in [0.4, 0.5) is 0 Å². The molecule has 0 amide bonds. The zero-order valence-corrected chi connectivity index (χ0v) is 17.2. The summed E-state index contributed by atoms with van der Waals surface area (Å²) in [6, 6.07) is 0. The van der Waals surface area contributed by atoms with Crippen molar-refractivity contribution in [2.75, 3.05) is 0 Å². The lowest BCUT2D eigenvalue weighted by Gasteiger charge is -2.40. The summed E-state index contributed by atoms with van der Waals surface area (Å²) in [5.41, 5.74) is 6.81. The van der Waals surface area contributed by atoms with Crippen LogP contribution in [0, 0.1) is 16.7 Å². The van der Waals surface area contributed by atoms with Gasteiger partial charge in [-0.15, -0.1) is 5.73 Å². The third-order valence-corrected chi connectivity index (χ3v) is 5.36. The summed E-state index contributed by atoms with van der Waals surface area (Å²) in [6.45, 7) is 20.6. The molecular weight excluding hydrogens is 276 g/mol. The second kappa shape index (κ2) is 9.99. The average molecular weight is 317 g/mol. The molecule has 132 valence electrons. The molecule has 0 N–H and O–H groups in total. The van der Waals surface area contributed by atoms with Crippen molar-refractivity contribution in [1.82, 2.24) is 0 Å². The molecule has 0 aromatic rings. The van der Waals surface area contributed by atoms with Crippen LogP contribution in [-0.2, 0) is 0 Å². The molecule has 0 heteroatoms. The molecule has 0 nitrogen and oxygen atoms in total. The van der Waals surface area contributed by atoms with Crippen molar-refractivity contribution in [2.24, 2.45) is 16.7 Å². The predicted octanol–water partition coefficient (Wildman–Crippen LogP) is 7.88. The van der Waals surface area contributed by atoms with E-state index in [-0.39, 0.29) is 0 Å². The zero-order chi connectivity index (χ0) is 18.1. The number of rotatable bonds is 9. The highest BCUT2D eigenvalue weighted by Crippen LogP contribution is 2.44. The quantitative estimate of drug-likeness (QED) is 0.300. The van der Waals surface area contributed by atoms with E-state index in [1.165, 1.54) is 30.4 Å². The van der Waals surface area contributed by atoms with Crippen molar-refractivity contribution < 1.29 is 0 Å². The maximum Gasteiger partial charge on any atom is -0.00595 e. The van der Waals surface area contributed by atoms with E-state index in [0.29, 0.717) is 16.7 Å². The molecular formula is C23H40. The van der Waals surface area contributed by atoms with Gasteiger partial charge < -0.3 is 0 Å².